The molecule has 2 amide bonds. The number of aryl methyl sites for hydroxylation is 3. The predicted molar refractivity (Wildman–Crippen MR) is 148 cm³/mol. The molecule has 8 heteroatoms. The van der Waals surface area contributed by atoms with E-state index in [0.29, 0.717) is 25.7 Å². The zero-order chi connectivity index (χ0) is 25.1. The van der Waals surface area contributed by atoms with Crippen LogP contribution in [0.25, 0.3) is 6.08 Å². The van der Waals surface area contributed by atoms with Crippen LogP contribution >= 0.6 is 35.6 Å². The van der Waals surface area contributed by atoms with Gasteiger partial charge in [0.2, 0.25) is 0 Å². The highest BCUT2D eigenvalue weighted by atomic mass is 35.5. The van der Waals surface area contributed by atoms with Gasteiger partial charge in [-0.15, -0.1) is 0 Å². The van der Waals surface area contributed by atoms with E-state index in [2.05, 4.69) is 5.32 Å². The molecule has 0 spiro atoms. The summed E-state index contributed by atoms with van der Waals surface area (Å²) in [6.45, 7) is 5.68. The fraction of sp³-hybridized carbons (Fsp3) is 0.148. The Kier molecular flexibility index (Phi) is 7.60. The number of ether oxygens (including phenoxy) is 1. The maximum absolute atomic E-state index is 13.1. The molecule has 3 aromatic carbocycles. The zero-order valence-electron chi connectivity index (χ0n) is 19.4. The molecule has 1 heterocycles. The molecule has 1 aliphatic rings. The first-order valence-corrected chi connectivity index (χ1v) is 12.5. The standard InChI is InChI=1S/C27H23ClN2O3S2/c1-16-7-8-18(3)23(11-16)29-25(31)15-33-21-6-4-5-19(12-21)13-24-26(32)30(27(34)35-24)20-10-9-17(2)22(28)14-20/h4-14H,15H2,1-3H3,(H,29,31)/b24-13-. The molecule has 0 atom stereocenters. The van der Waals surface area contributed by atoms with Gasteiger partial charge in [-0.25, -0.2) is 0 Å². The largest absolute Gasteiger partial charge is 0.484 e. The SMILES string of the molecule is Cc1ccc(C)c(NC(=O)COc2cccc(/C=C3\SC(=S)N(c4ccc(C)c(Cl)c4)C3=O)c2)c1. The molecule has 1 N–H and O–H groups in total. The number of thiocarbonyl (C=S) groups is 1. The van der Waals surface area contributed by atoms with Crippen molar-refractivity contribution < 1.29 is 14.3 Å². The summed E-state index contributed by atoms with van der Waals surface area (Å²) in [7, 11) is 0. The Morgan fingerprint density at radius 2 is 1.86 bits per heavy atom. The number of rotatable bonds is 6. The lowest BCUT2D eigenvalue weighted by molar-refractivity contribution is -0.118. The van der Waals surface area contributed by atoms with Crippen molar-refractivity contribution in [1.82, 2.24) is 0 Å². The second-order valence-corrected chi connectivity index (χ2v) is 10.3. The molecule has 4 rings (SSSR count). The summed E-state index contributed by atoms with van der Waals surface area (Å²) < 4.78 is 6.14. The number of carbonyl (C=O) groups is 2. The van der Waals surface area contributed by atoms with Gasteiger partial charge >= 0.3 is 0 Å². The minimum Gasteiger partial charge on any atom is -0.484 e. The van der Waals surface area contributed by atoms with Crippen LogP contribution in [0.15, 0.2) is 65.6 Å². The first-order chi connectivity index (χ1) is 16.7. The molecule has 0 aliphatic carbocycles. The number of amides is 2. The Morgan fingerprint density at radius 1 is 1.09 bits per heavy atom. The minimum atomic E-state index is -0.248. The fourth-order valence-corrected chi connectivity index (χ4v) is 4.94. The first kappa shape index (κ1) is 25.0. The first-order valence-electron chi connectivity index (χ1n) is 10.9. The number of thioether (sulfide) groups is 1. The van der Waals surface area contributed by atoms with Crippen LogP contribution in [0.5, 0.6) is 5.75 Å². The van der Waals surface area contributed by atoms with E-state index in [-0.39, 0.29) is 18.4 Å². The molecule has 0 radical (unpaired) electrons. The average Bonchev–Trinajstić information content (AvgIpc) is 3.09. The van der Waals surface area contributed by atoms with E-state index in [1.54, 1.807) is 24.3 Å². The van der Waals surface area contributed by atoms with Gasteiger partial charge in [-0.1, -0.05) is 65.9 Å². The lowest BCUT2D eigenvalue weighted by atomic mass is 10.1. The second kappa shape index (κ2) is 10.6. The molecule has 1 aliphatic heterocycles. The number of carbonyl (C=O) groups excluding carboxylic acids is 2. The highest BCUT2D eigenvalue weighted by Gasteiger charge is 2.33. The van der Waals surface area contributed by atoms with Crippen LogP contribution in [0.4, 0.5) is 11.4 Å². The van der Waals surface area contributed by atoms with Crippen LogP contribution in [0.2, 0.25) is 5.02 Å². The second-order valence-electron chi connectivity index (χ2n) is 8.18. The minimum absolute atomic E-state index is 0.132. The summed E-state index contributed by atoms with van der Waals surface area (Å²) in [6, 6.07) is 18.5. The lowest BCUT2D eigenvalue weighted by Crippen LogP contribution is -2.27. The molecule has 1 fully saturated rings. The molecule has 0 aromatic heterocycles. The van der Waals surface area contributed by atoms with E-state index in [1.165, 1.54) is 16.7 Å². The third kappa shape index (κ3) is 5.93. The number of halogens is 1. The topological polar surface area (TPSA) is 58.6 Å². The molecule has 178 valence electrons. The Hall–Kier alpha value is -3.13. The van der Waals surface area contributed by atoms with Crippen molar-refractivity contribution >= 4 is 69.2 Å². The molecule has 35 heavy (non-hydrogen) atoms. The summed E-state index contributed by atoms with van der Waals surface area (Å²) in [5, 5.41) is 3.46. The summed E-state index contributed by atoms with van der Waals surface area (Å²) in [5.74, 6) is 0.0662. The van der Waals surface area contributed by atoms with E-state index >= 15 is 0 Å². The van der Waals surface area contributed by atoms with E-state index in [1.807, 2.05) is 63.2 Å². The third-order valence-corrected chi connectivity index (χ3v) is 7.11. The quantitative estimate of drug-likeness (QED) is 0.289. The highest BCUT2D eigenvalue weighted by molar-refractivity contribution is 8.27. The maximum atomic E-state index is 13.1. The van der Waals surface area contributed by atoms with Crippen LogP contribution in [0.3, 0.4) is 0 Å². The van der Waals surface area contributed by atoms with Gasteiger partial charge in [-0.05, 0) is 79.4 Å². The maximum Gasteiger partial charge on any atom is 0.270 e. The monoisotopic (exact) mass is 522 g/mol. The van der Waals surface area contributed by atoms with Crippen LogP contribution in [0.1, 0.15) is 22.3 Å². The Labute approximate surface area is 219 Å². The Bertz CT molecular complexity index is 1370. The summed E-state index contributed by atoms with van der Waals surface area (Å²) in [5.41, 5.74) is 5.14. The van der Waals surface area contributed by atoms with Gasteiger partial charge < -0.3 is 10.1 Å². The number of benzene rings is 3. The summed E-state index contributed by atoms with van der Waals surface area (Å²) in [4.78, 5) is 27.4. The van der Waals surface area contributed by atoms with E-state index in [9.17, 15) is 9.59 Å². The van der Waals surface area contributed by atoms with Crippen molar-refractivity contribution in [2.75, 3.05) is 16.8 Å². The van der Waals surface area contributed by atoms with E-state index in [4.69, 9.17) is 28.6 Å². The molecule has 5 nitrogen and oxygen atoms in total. The van der Waals surface area contributed by atoms with Crippen LogP contribution < -0.4 is 15.0 Å². The third-order valence-electron chi connectivity index (χ3n) is 5.40. The number of anilines is 2. The molecule has 0 unspecified atom stereocenters. The van der Waals surface area contributed by atoms with Crippen molar-refractivity contribution in [3.8, 4) is 5.75 Å². The van der Waals surface area contributed by atoms with E-state index in [0.717, 1.165) is 27.9 Å². The van der Waals surface area contributed by atoms with Gasteiger partial charge in [0.25, 0.3) is 11.8 Å². The molecule has 1 saturated heterocycles. The van der Waals surface area contributed by atoms with Gasteiger partial charge in [0, 0.05) is 10.7 Å². The van der Waals surface area contributed by atoms with Gasteiger partial charge in [0.1, 0.15) is 5.75 Å². The number of nitrogens with one attached hydrogen (secondary N) is 1. The van der Waals surface area contributed by atoms with Crippen LogP contribution in [-0.4, -0.2) is 22.7 Å². The smallest absolute Gasteiger partial charge is 0.270 e. The van der Waals surface area contributed by atoms with Crippen molar-refractivity contribution in [3.05, 3.63) is 92.8 Å². The molecular formula is C27H23ClN2O3S2. The molecule has 0 bridgehead atoms. The zero-order valence-corrected chi connectivity index (χ0v) is 21.8. The van der Waals surface area contributed by atoms with E-state index < -0.39 is 0 Å². The normalized spacial score (nSPS) is 14.5. The van der Waals surface area contributed by atoms with Crippen molar-refractivity contribution in [3.63, 3.8) is 0 Å². The predicted octanol–water partition coefficient (Wildman–Crippen LogP) is 6.69. The van der Waals surface area contributed by atoms with Crippen molar-refractivity contribution in [2.45, 2.75) is 20.8 Å². The molecule has 3 aromatic rings. The Balaban J connectivity index is 1.44. The summed E-state index contributed by atoms with van der Waals surface area (Å²) in [6.07, 6.45) is 1.76. The Morgan fingerprint density at radius 3 is 2.63 bits per heavy atom. The van der Waals surface area contributed by atoms with Gasteiger partial charge in [0.15, 0.2) is 10.9 Å². The van der Waals surface area contributed by atoms with Gasteiger partial charge in [-0.2, -0.15) is 0 Å². The van der Waals surface area contributed by atoms with Crippen LogP contribution in [-0.2, 0) is 9.59 Å². The number of nitrogens with zero attached hydrogens (tertiary/aromatic N) is 1. The van der Waals surface area contributed by atoms with Crippen molar-refractivity contribution in [2.24, 2.45) is 0 Å². The van der Waals surface area contributed by atoms with Crippen LogP contribution in [0, 0.1) is 20.8 Å². The van der Waals surface area contributed by atoms with Crippen molar-refractivity contribution in [1.29, 1.82) is 0 Å². The average molecular weight is 523 g/mol. The number of hydrogen-bond acceptors (Lipinski definition) is 5. The summed E-state index contributed by atoms with van der Waals surface area (Å²) >= 11 is 12.9. The number of hydrogen-bond donors (Lipinski definition) is 1. The van der Waals surface area contributed by atoms with Gasteiger partial charge in [0.05, 0.1) is 10.6 Å². The highest BCUT2D eigenvalue weighted by Crippen LogP contribution is 2.37. The van der Waals surface area contributed by atoms with Gasteiger partial charge in [-0.3, -0.25) is 14.5 Å². The lowest BCUT2D eigenvalue weighted by Gasteiger charge is -2.15. The molecular weight excluding hydrogens is 500 g/mol. The molecule has 0 saturated carbocycles. The fourth-order valence-electron chi connectivity index (χ4n) is 3.46.